The molecule has 30 heavy (non-hydrogen) atoms. The van der Waals surface area contributed by atoms with Crippen molar-refractivity contribution in [2.24, 2.45) is 0 Å². The summed E-state index contributed by atoms with van der Waals surface area (Å²) < 4.78 is 0. The van der Waals surface area contributed by atoms with Crippen molar-refractivity contribution >= 4 is 46.9 Å². The van der Waals surface area contributed by atoms with Crippen LogP contribution in [0.25, 0.3) is 0 Å². The Morgan fingerprint density at radius 3 is 2.60 bits per heavy atom. The van der Waals surface area contributed by atoms with Gasteiger partial charge in [0.1, 0.15) is 12.1 Å². The summed E-state index contributed by atoms with van der Waals surface area (Å²) in [7, 11) is 0. The van der Waals surface area contributed by atoms with Gasteiger partial charge in [-0.3, -0.25) is 14.5 Å². The van der Waals surface area contributed by atoms with Crippen LogP contribution < -0.4 is 10.6 Å². The number of imide groups is 1. The summed E-state index contributed by atoms with van der Waals surface area (Å²) >= 11 is 12.1. The van der Waals surface area contributed by atoms with Crippen LogP contribution >= 0.6 is 23.2 Å². The molecule has 0 aliphatic carbocycles. The number of unbranched alkanes of at least 4 members (excludes halogenated alkanes) is 1. The van der Waals surface area contributed by atoms with Crippen molar-refractivity contribution in [3.63, 3.8) is 0 Å². The molecule has 0 spiro atoms. The largest absolute Gasteiger partial charge is 0.325 e. The number of carbonyl (C=O) groups excluding carboxylic acids is 3. The molecule has 1 aliphatic heterocycles. The van der Waals surface area contributed by atoms with Crippen molar-refractivity contribution in [2.75, 3.05) is 11.9 Å². The number of hydrogen-bond donors (Lipinski definition) is 2. The lowest BCUT2D eigenvalue weighted by atomic mass is 9.85. The number of nitrogens with zero attached hydrogens (tertiary/aromatic N) is 2. The Balaban J connectivity index is 1.81. The van der Waals surface area contributed by atoms with Gasteiger partial charge in [-0.2, -0.15) is 0 Å². The van der Waals surface area contributed by atoms with E-state index in [2.05, 4.69) is 15.6 Å². The van der Waals surface area contributed by atoms with Crippen molar-refractivity contribution in [1.82, 2.24) is 15.2 Å². The van der Waals surface area contributed by atoms with Gasteiger partial charge in [-0.05, 0) is 24.5 Å². The highest BCUT2D eigenvalue weighted by Gasteiger charge is 2.52. The van der Waals surface area contributed by atoms with E-state index in [1.165, 1.54) is 6.20 Å². The Morgan fingerprint density at radius 2 is 1.93 bits per heavy atom. The van der Waals surface area contributed by atoms with Gasteiger partial charge in [0, 0.05) is 6.20 Å². The van der Waals surface area contributed by atoms with Crippen LogP contribution in [0.2, 0.25) is 10.0 Å². The van der Waals surface area contributed by atoms with Gasteiger partial charge in [-0.15, -0.1) is 0 Å². The summed E-state index contributed by atoms with van der Waals surface area (Å²) in [5.74, 6) is -0.918. The van der Waals surface area contributed by atoms with Crippen molar-refractivity contribution in [2.45, 2.75) is 38.6 Å². The number of hydrogen-bond acceptors (Lipinski definition) is 4. The fourth-order valence-corrected chi connectivity index (χ4v) is 3.79. The molecule has 158 valence electrons. The van der Waals surface area contributed by atoms with Crippen LogP contribution in [-0.2, 0) is 15.1 Å². The van der Waals surface area contributed by atoms with E-state index in [-0.39, 0.29) is 10.8 Å². The Hall–Kier alpha value is -2.64. The monoisotopic (exact) mass is 448 g/mol. The number of benzene rings is 1. The van der Waals surface area contributed by atoms with Crippen LogP contribution in [0.3, 0.4) is 0 Å². The fourth-order valence-electron chi connectivity index (χ4n) is 3.40. The van der Waals surface area contributed by atoms with Crippen molar-refractivity contribution in [1.29, 1.82) is 0 Å². The highest BCUT2D eigenvalue weighted by Crippen LogP contribution is 2.34. The standard InChI is InChI=1S/C21H22Cl2N4O3/c1-3-4-10-21(14-8-6-5-7-9-14)19(29)27(20(30)26-21)12-16(28)25-18-17(23)13(2)15(22)11-24-18/h5-9,11H,3-4,10,12H2,1-2H3,(H,26,30)(H,24,25,28). The third-order valence-corrected chi connectivity index (χ3v) is 5.95. The number of halogens is 2. The zero-order chi connectivity index (χ0) is 21.9. The molecular weight excluding hydrogens is 427 g/mol. The second kappa shape index (κ2) is 9.02. The number of rotatable bonds is 7. The Morgan fingerprint density at radius 1 is 1.23 bits per heavy atom. The molecule has 0 bridgehead atoms. The van der Waals surface area contributed by atoms with Crippen LogP contribution in [0, 0.1) is 6.92 Å². The second-order valence-electron chi connectivity index (χ2n) is 7.14. The molecule has 1 aromatic heterocycles. The highest BCUT2D eigenvalue weighted by molar-refractivity contribution is 6.37. The number of carbonyl (C=O) groups is 3. The quantitative estimate of drug-likeness (QED) is 0.618. The lowest BCUT2D eigenvalue weighted by Crippen LogP contribution is -2.44. The van der Waals surface area contributed by atoms with Gasteiger partial charge in [-0.1, -0.05) is 73.3 Å². The van der Waals surface area contributed by atoms with E-state index in [0.717, 1.165) is 17.7 Å². The number of aromatic nitrogens is 1. The molecule has 0 radical (unpaired) electrons. The van der Waals surface area contributed by atoms with Crippen LogP contribution in [0.1, 0.15) is 37.3 Å². The smallest absolute Gasteiger partial charge is 0.319 e. The summed E-state index contributed by atoms with van der Waals surface area (Å²) in [4.78, 5) is 43.4. The van der Waals surface area contributed by atoms with Gasteiger partial charge >= 0.3 is 6.03 Å². The number of pyridine rings is 1. The molecule has 2 aromatic rings. The molecular formula is C21H22Cl2N4O3. The first-order valence-electron chi connectivity index (χ1n) is 9.60. The van der Waals surface area contributed by atoms with Gasteiger partial charge in [0.15, 0.2) is 5.82 Å². The molecule has 9 heteroatoms. The van der Waals surface area contributed by atoms with E-state index in [1.54, 1.807) is 19.1 Å². The Labute approximate surface area is 184 Å². The van der Waals surface area contributed by atoms with Gasteiger partial charge in [-0.25, -0.2) is 9.78 Å². The molecule has 0 saturated carbocycles. The normalized spacial score (nSPS) is 18.5. The van der Waals surface area contributed by atoms with E-state index in [0.29, 0.717) is 22.6 Å². The second-order valence-corrected chi connectivity index (χ2v) is 7.92. The average Bonchev–Trinajstić information content (AvgIpc) is 2.98. The fraction of sp³-hybridized carbons (Fsp3) is 0.333. The maximum Gasteiger partial charge on any atom is 0.325 e. The minimum Gasteiger partial charge on any atom is -0.319 e. The Bertz CT molecular complexity index is 984. The molecule has 1 saturated heterocycles. The summed E-state index contributed by atoms with van der Waals surface area (Å²) in [6.07, 6.45) is 3.42. The minimum absolute atomic E-state index is 0.121. The maximum absolute atomic E-state index is 13.3. The van der Waals surface area contributed by atoms with Gasteiger partial charge in [0.25, 0.3) is 5.91 Å². The van der Waals surface area contributed by atoms with Crippen LogP contribution in [-0.4, -0.2) is 34.3 Å². The zero-order valence-electron chi connectivity index (χ0n) is 16.7. The van der Waals surface area contributed by atoms with Gasteiger partial charge < -0.3 is 10.6 Å². The Kier molecular flexibility index (Phi) is 6.63. The first kappa shape index (κ1) is 22.1. The molecule has 1 atom stereocenters. The van der Waals surface area contributed by atoms with E-state index in [4.69, 9.17) is 23.2 Å². The van der Waals surface area contributed by atoms with Crippen molar-refractivity contribution < 1.29 is 14.4 Å². The average molecular weight is 449 g/mol. The third kappa shape index (κ3) is 4.13. The van der Waals surface area contributed by atoms with Gasteiger partial charge in [0.05, 0.1) is 10.0 Å². The SMILES string of the molecule is CCCCC1(c2ccccc2)NC(=O)N(CC(=O)Nc2ncc(Cl)c(C)c2Cl)C1=O. The summed E-state index contributed by atoms with van der Waals surface area (Å²) in [6, 6.07) is 8.47. The molecule has 1 unspecified atom stereocenters. The number of anilines is 1. The van der Waals surface area contributed by atoms with Crippen LogP contribution in [0.15, 0.2) is 36.5 Å². The third-order valence-electron chi connectivity index (χ3n) is 5.11. The van der Waals surface area contributed by atoms with Crippen LogP contribution in [0.4, 0.5) is 10.6 Å². The molecule has 2 N–H and O–H groups in total. The molecule has 7 nitrogen and oxygen atoms in total. The number of urea groups is 1. The van der Waals surface area contributed by atoms with Crippen molar-refractivity contribution in [3.8, 4) is 0 Å². The van der Waals surface area contributed by atoms with E-state index in [1.807, 2.05) is 25.1 Å². The predicted octanol–water partition coefficient (Wildman–Crippen LogP) is 4.27. The number of amides is 4. The van der Waals surface area contributed by atoms with E-state index in [9.17, 15) is 14.4 Å². The first-order chi connectivity index (χ1) is 14.3. The van der Waals surface area contributed by atoms with E-state index < -0.39 is 29.9 Å². The number of nitrogens with one attached hydrogen (secondary N) is 2. The lowest BCUT2D eigenvalue weighted by molar-refractivity contribution is -0.134. The molecule has 1 aliphatic rings. The maximum atomic E-state index is 13.3. The summed E-state index contributed by atoms with van der Waals surface area (Å²) in [5, 5.41) is 5.93. The highest BCUT2D eigenvalue weighted by atomic mass is 35.5. The minimum atomic E-state index is -1.18. The molecule has 2 heterocycles. The predicted molar refractivity (Wildman–Crippen MR) is 116 cm³/mol. The van der Waals surface area contributed by atoms with Crippen molar-refractivity contribution in [3.05, 3.63) is 57.7 Å². The lowest BCUT2D eigenvalue weighted by Gasteiger charge is -2.27. The van der Waals surface area contributed by atoms with Gasteiger partial charge in [0.2, 0.25) is 5.91 Å². The molecule has 1 fully saturated rings. The zero-order valence-corrected chi connectivity index (χ0v) is 18.2. The molecule has 4 amide bonds. The molecule has 3 rings (SSSR count). The van der Waals surface area contributed by atoms with E-state index >= 15 is 0 Å². The topological polar surface area (TPSA) is 91.4 Å². The molecule has 1 aromatic carbocycles. The summed E-state index contributed by atoms with van der Waals surface area (Å²) in [6.45, 7) is 3.25. The first-order valence-corrected chi connectivity index (χ1v) is 10.4. The summed E-state index contributed by atoms with van der Waals surface area (Å²) in [5.41, 5.74) is 0.0838. The van der Waals surface area contributed by atoms with Crippen LogP contribution in [0.5, 0.6) is 0 Å².